The van der Waals surface area contributed by atoms with Crippen molar-refractivity contribution in [1.29, 1.82) is 0 Å². The highest BCUT2D eigenvalue weighted by Gasteiger charge is 2.18. The number of halogens is 1. The number of methoxy groups -OCH3 is 1. The minimum absolute atomic E-state index is 0.319. The van der Waals surface area contributed by atoms with E-state index in [1.54, 1.807) is 24.3 Å². The van der Waals surface area contributed by atoms with Crippen LogP contribution in [0.15, 0.2) is 29.4 Å². The molecule has 8 nitrogen and oxygen atoms in total. The summed E-state index contributed by atoms with van der Waals surface area (Å²) in [5.74, 6) is 1.82. The summed E-state index contributed by atoms with van der Waals surface area (Å²) in [6.45, 7) is 9.13. The lowest BCUT2D eigenvalue weighted by atomic mass is 10.1. The second kappa shape index (κ2) is 12.7. The zero-order valence-electron chi connectivity index (χ0n) is 19.0. The fourth-order valence-corrected chi connectivity index (χ4v) is 3.12. The summed E-state index contributed by atoms with van der Waals surface area (Å²) in [5.41, 5.74) is 3.45. The van der Waals surface area contributed by atoms with Gasteiger partial charge in [0.1, 0.15) is 0 Å². The van der Waals surface area contributed by atoms with Crippen LogP contribution in [-0.2, 0) is 0 Å². The molecule has 0 heterocycles. The van der Waals surface area contributed by atoms with Gasteiger partial charge < -0.3 is 23.7 Å². The molecule has 1 amide bonds. The van der Waals surface area contributed by atoms with Crippen molar-refractivity contribution >= 4 is 23.7 Å². The van der Waals surface area contributed by atoms with Crippen LogP contribution in [0.4, 0.5) is 0 Å². The lowest BCUT2D eigenvalue weighted by Crippen LogP contribution is -2.18. The van der Waals surface area contributed by atoms with Gasteiger partial charge in [-0.3, -0.25) is 4.79 Å². The van der Waals surface area contributed by atoms with E-state index in [4.69, 9.17) is 35.3 Å². The molecular formula is C23H29ClN2O6. The number of nitrogens with zero attached hydrogens (tertiary/aromatic N) is 1. The van der Waals surface area contributed by atoms with Gasteiger partial charge in [-0.2, -0.15) is 5.10 Å². The molecule has 9 heteroatoms. The summed E-state index contributed by atoms with van der Waals surface area (Å²) in [7, 11) is 1.52. The average Bonchev–Trinajstić information content (AvgIpc) is 2.77. The van der Waals surface area contributed by atoms with Crippen LogP contribution in [0, 0.1) is 0 Å². The van der Waals surface area contributed by atoms with Crippen molar-refractivity contribution in [2.75, 3.05) is 33.5 Å². The largest absolute Gasteiger partial charge is 0.493 e. The summed E-state index contributed by atoms with van der Waals surface area (Å²) in [5, 5.41) is 4.41. The van der Waals surface area contributed by atoms with Gasteiger partial charge in [0, 0.05) is 5.56 Å². The molecule has 0 spiro atoms. The van der Waals surface area contributed by atoms with Crippen molar-refractivity contribution in [2.45, 2.75) is 27.7 Å². The molecule has 32 heavy (non-hydrogen) atoms. The molecule has 174 valence electrons. The van der Waals surface area contributed by atoms with Crippen molar-refractivity contribution in [3.05, 3.63) is 40.4 Å². The number of carbonyl (C=O) groups is 1. The molecule has 0 aromatic heterocycles. The van der Waals surface area contributed by atoms with E-state index in [0.29, 0.717) is 71.3 Å². The lowest BCUT2D eigenvalue weighted by molar-refractivity contribution is 0.0954. The van der Waals surface area contributed by atoms with Gasteiger partial charge in [-0.25, -0.2) is 5.43 Å². The molecule has 0 saturated carbocycles. The van der Waals surface area contributed by atoms with E-state index in [0.717, 1.165) is 0 Å². The molecule has 0 aliphatic carbocycles. The Morgan fingerprint density at radius 2 is 1.44 bits per heavy atom. The lowest BCUT2D eigenvalue weighted by Gasteiger charge is -2.16. The van der Waals surface area contributed by atoms with Crippen molar-refractivity contribution in [3.8, 4) is 28.7 Å². The molecule has 1 N–H and O–H groups in total. The van der Waals surface area contributed by atoms with Crippen molar-refractivity contribution in [3.63, 3.8) is 0 Å². The molecule has 0 unspecified atom stereocenters. The van der Waals surface area contributed by atoms with Crippen LogP contribution in [0.25, 0.3) is 0 Å². The van der Waals surface area contributed by atoms with Crippen LogP contribution in [0.2, 0.25) is 5.02 Å². The minimum atomic E-state index is -0.435. The Balaban J connectivity index is 2.25. The number of hydrogen-bond acceptors (Lipinski definition) is 7. The van der Waals surface area contributed by atoms with E-state index in [-0.39, 0.29) is 0 Å². The summed E-state index contributed by atoms with van der Waals surface area (Å²) in [4.78, 5) is 12.7. The molecule has 0 saturated heterocycles. The van der Waals surface area contributed by atoms with Crippen molar-refractivity contribution in [2.24, 2.45) is 5.10 Å². The van der Waals surface area contributed by atoms with E-state index < -0.39 is 5.91 Å². The molecule has 2 rings (SSSR count). The zero-order chi connectivity index (χ0) is 23.5. The normalized spacial score (nSPS) is 10.7. The van der Waals surface area contributed by atoms with Gasteiger partial charge in [0.05, 0.1) is 44.8 Å². The Morgan fingerprint density at radius 3 is 1.97 bits per heavy atom. The third kappa shape index (κ3) is 6.43. The predicted octanol–water partition coefficient (Wildman–Crippen LogP) is 4.71. The molecular weight excluding hydrogens is 436 g/mol. The Hall–Kier alpha value is -3.13. The van der Waals surface area contributed by atoms with Gasteiger partial charge >= 0.3 is 0 Å². The van der Waals surface area contributed by atoms with Gasteiger partial charge in [0.2, 0.25) is 5.75 Å². The summed E-state index contributed by atoms with van der Waals surface area (Å²) in [6, 6.07) is 6.57. The number of ether oxygens (including phenoxy) is 5. The van der Waals surface area contributed by atoms with Crippen molar-refractivity contribution in [1.82, 2.24) is 5.43 Å². The maximum absolute atomic E-state index is 12.7. The van der Waals surface area contributed by atoms with E-state index in [2.05, 4.69) is 10.5 Å². The first-order chi connectivity index (χ1) is 15.5. The number of carbonyl (C=O) groups excluding carboxylic acids is 1. The zero-order valence-corrected chi connectivity index (χ0v) is 19.7. The third-order valence-corrected chi connectivity index (χ3v) is 4.37. The number of nitrogens with one attached hydrogen (secondary N) is 1. The van der Waals surface area contributed by atoms with E-state index in [9.17, 15) is 4.79 Å². The smallest absolute Gasteiger partial charge is 0.271 e. The van der Waals surface area contributed by atoms with Crippen LogP contribution in [0.5, 0.6) is 28.7 Å². The minimum Gasteiger partial charge on any atom is -0.493 e. The molecule has 2 aromatic carbocycles. The average molecular weight is 465 g/mol. The highest BCUT2D eigenvalue weighted by atomic mass is 35.5. The number of hydrogen-bond donors (Lipinski definition) is 1. The van der Waals surface area contributed by atoms with Gasteiger partial charge in [0.15, 0.2) is 23.0 Å². The van der Waals surface area contributed by atoms with Crippen LogP contribution in [0.3, 0.4) is 0 Å². The summed E-state index contributed by atoms with van der Waals surface area (Å²) < 4.78 is 27.8. The fourth-order valence-electron chi connectivity index (χ4n) is 2.85. The molecule has 2 aromatic rings. The van der Waals surface area contributed by atoms with E-state index >= 15 is 0 Å². The van der Waals surface area contributed by atoms with E-state index in [1.165, 1.54) is 13.3 Å². The Morgan fingerprint density at radius 1 is 0.875 bits per heavy atom. The van der Waals surface area contributed by atoms with Crippen LogP contribution in [0.1, 0.15) is 43.6 Å². The molecule has 0 aliphatic heterocycles. The molecule has 0 fully saturated rings. The maximum Gasteiger partial charge on any atom is 0.271 e. The summed E-state index contributed by atoms with van der Waals surface area (Å²) in [6.07, 6.45) is 1.46. The highest BCUT2D eigenvalue weighted by molar-refractivity contribution is 6.32. The third-order valence-electron chi connectivity index (χ3n) is 4.09. The standard InChI is InChI=1S/C23H29ClN2O6/c1-6-29-19-12-16(13-20(30-7-2)22(19)32-9-4)23(27)26-25-14-15-10-17(24)21(31-8-3)18(11-15)28-5/h10-14H,6-9H2,1-5H3,(H,26,27)/b25-14+. The number of hydrazone groups is 1. The number of benzene rings is 2. The van der Waals surface area contributed by atoms with Gasteiger partial charge in [-0.1, -0.05) is 11.6 Å². The Bertz CT molecular complexity index is 921. The quantitative estimate of drug-likeness (QED) is 0.361. The SMILES string of the molecule is CCOc1cc(C(=O)N/N=C/c2cc(Cl)c(OCC)c(OC)c2)cc(OCC)c1OCC. The second-order valence-corrected chi connectivity index (χ2v) is 6.67. The summed E-state index contributed by atoms with van der Waals surface area (Å²) >= 11 is 6.27. The molecule has 0 aliphatic rings. The number of rotatable bonds is 12. The first-order valence-electron chi connectivity index (χ1n) is 10.4. The van der Waals surface area contributed by atoms with Gasteiger partial charge in [-0.05, 0) is 57.5 Å². The monoisotopic (exact) mass is 464 g/mol. The Labute approximate surface area is 193 Å². The molecule has 0 radical (unpaired) electrons. The van der Waals surface area contributed by atoms with Crippen LogP contribution < -0.4 is 29.1 Å². The van der Waals surface area contributed by atoms with Crippen LogP contribution >= 0.6 is 11.6 Å². The maximum atomic E-state index is 12.7. The number of amides is 1. The highest BCUT2D eigenvalue weighted by Crippen LogP contribution is 2.39. The first-order valence-corrected chi connectivity index (χ1v) is 10.8. The predicted molar refractivity (Wildman–Crippen MR) is 124 cm³/mol. The molecule has 0 atom stereocenters. The van der Waals surface area contributed by atoms with Gasteiger partial charge in [-0.15, -0.1) is 0 Å². The second-order valence-electron chi connectivity index (χ2n) is 6.27. The first kappa shape index (κ1) is 25.1. The van der Waals surface area contributed by atoms with E-state index in [1.807, 2.05) is 27.7 Å². The fraction of sp³-hybridized carbons (Fsp3) is 0.391. The molecule has 0 bridgehead atoms. The van der Waals surface area contributed by atoms with Crippen molar-refractivity contribution < 1.29 is 28.5 Å². The van der Waals surface area contributed by atoms with Crippen LogP contribution in [-0.4, -0.2) is 45.7 Å². The topological polar surface area (TPSA) is 87.6 Å². The Kier molecular flexibility index (Phi) is 9.94. The van der Waals surface area contributed by atoms with Gasteiger partial charge in [0.25, 0.3) is 5.91 Å².